The van der Waals surface area contributed by atoms with Crippen LogP contribution in [0.15, 0.2) is 0 Å². The van der Waals surface area contributed by atoms with E-state index in [1.165, 1.54) is 0 Å². The van der Waals surface area contributed by atoms with E-state index in [2.05, 4.69) is 6.55 Å². The maximum atomic E-state index is 5.77. The maximum Gasteiger partial charge on any atom is 0.334 e. The minimum atomic E-state index is -1.95. The summed E-state index contributed by atoms with van der Waals surface area (Å²) in [4.78, 5) is 0. The highest BCUT2D eigenvalue weighted by atomic mass is 28.4. The molecule has 0 bridgehead atoms. The Labute approximate surface area is 88.2 Å². The molecule has 14 heavy (non-hydrogen) atoms. The fourth-order valence-corrected chi connectivity index (χ4v) is 2.98. The predicted octanol–water partition coefficient (Wildman–Crippen LogP) is 0.808. The Morgan fingerprint density at radius 2 is 2.07 bits per heavy atom. The van der Waals surface area contributed by atoms with Gasteiger partial charge in [-0.1, -0.05) is 0 Å². The second kappa shape index (κ2) is 7.36. The minimum absolute atomic E-state index is 0.194. The number of nitrogens with two attached hydrogens (primary N) is 2. The molecule has 0 aliphatic heterocycles. The standard InChI is InChI=1S/C9H24N2O2Si/c1-9(11)5-7-13-14(3,12-2)8-4-6-10/h9H,4-8,10-11H2,1-3H3. The van der Waals surface area contributed by atoms with Gasteiger partial charge in [-0.3, -0.25) is 0 Å². The maximum absolute atomic E-state index is 5.77. The number of rotatable bonds is 8. The summed E-state index contributed by atoms with van der Waals surface area (Å²) in [7, 11) is -0.230. The molecule has 2 atom stereocenters. The molecule has 5 heteroatoms. The summed E-state index contributed by atoms with van der Waals surface area (Å²) in [5.74, 6) is 0. The van der Waals surface area contributed by atoms with Gasteiger partial charge in [0.2, 0.25) is 0 Å². The van der Waals surface area contributed by atoms with Crippen molar-refractivity contribution in [2.45, 2.75) is 38.4 Å². The van der Waals surface area contributed by atoms with Gasteiger partial charge in [-0.05, 0) is 38.9 Å². The molecular formula is C9H24N2O2Si. The predicted molar refractivity (Wildman–Crippen MR) is 61.3 cm³/mol. The summed E-state index contributed by atoms with van der Waals surface area (Å²) in [6, 6.07) is 1.15. The van der Waals surface area contributed by atoms with Crippen molar-refractivity contribution in [2.75, 3.05) is 20.3 Å². The molecule has 2 unspecified atom stereocenters. The third-order valence-electron chi connectivity index (χ3n) is 2.25. The molecule has 0 spiro atoms. The molecule has 0 aromatic carbocycles. The zero-order valence-corrected chi connectivity index (χ0v) is 10.6. The molecule has 0 heterocycles. The molecule has 0 radical (unpaired) electrons. The van der Waals surface area contributed by atoms with E-state index in [0.717, 1.165) is 18.9 Å². The van der Waals surface area contributed by atoms with E-state index in [-0.39, 0.29) is 6.04 Å². The summed E-state index contributed by atoms with van der Waals surface area (Å²) in [5, 5.41) is 0. The summed E-state index contributed by atoms with van der Waals surface area (Å²) in [6.45, 7) is 5.44. The molecule has 0 aromatic rings. The Kier molecular flexibility index (Phi) is 7.39. The third-order valence-corrected chi connectivity index (χ3v) is 5.19. The summed E-state index contributed by atoms with van der Waals surface area (Å²) < 4.78 is 11.2. The van der Waals surface area contributed by atoms with Crippen LogP contribution >= 0.6 is 0 Å². The Morgan fingerprint density at radius 3 is 2.50 bits per heavy atom. The Hall–Kier alpha value is 0.0569. The molecule has 0 aliphatic rings. The van der Waals surface area contributed by atoms with E-state index < -0.39 is 8.56 Å². The van der Waals surface area contributed by atoms with Crippen LogP contribution < -0.4 is 11.5 Å². The van der Waals surface area contributed by atoms with Gasteiger partial charge in [-0.15, -0.1) is 0 Å². The van der Waals surface area contributed by atoms with Gasteiger partial charge in [-0.25, -0.2) is 0 Å². The van der Waals surface area contributed by atoms with Crippen LogP contribution in [0.25, 0.3) is 0 Å². The Morgan fingerprint density at radius 1 is 1.43 bits per heavy atom. The van der Waals surface area contributed by atoms with Crippen LogP contribution in [0.5, 0.6) is 0 Å². The van der Waals surface area contributed by atoms with Crippen molar-refractivity contribution in [3.05, 3.63) is 0 Å². The van der Waals surface area contributed by atoms with Crippen LogP contribution in [0.1, 0.15) is 19.8 Å². The molecule has 0 amide bonds. The van der Waals surface area contributed by atoms with Crippen molar-refractivity contribution >= 4 is 8.56 Å². The molecule has 86 valence electrons. The number of hydrogen-bond donors (Lipinski definition) is 2. The van der Waals surface area contributed by atoms with E-state index in [1.807, 2.05) is 6.92 Å². The lowest BCUT2D eigenvalue weighted by atomic mass is 10.3. The molecule has 4 nitrogen and oxygen atoms in total. The minimum Gasteiger partial charge on any atom is -0.398 e. The van der Waals surface area contributed by atoms with E-state index >= 15 is 0 Å². The highest BCUT2D eigenvalue weighted by molar-refractivity contribution is 6.65. The second-order valence-electron chi connectivity index (χ2n) is 3.84. The first kappa shape index (κ1) is 14.1. The highest BCUT2D eigenvalue weighted by Crippen LogP contribution is 2.14. The van der Waals surface area contributed by atoms with Crippen molar-refractivity contribution in [3.63, 3.8) is 0 Å². The van der Waals surface area contributed by atoms with E-state index in [9.17, 15) is 0 Å². The molecule has 0 saturated carbocycles. The lowest BCUT2D eigenvalue weighted by Crippen LogP contribution is -2.39. The fraction of sp³-hybridized carbons (Fsp3) is 1.00. The van der Waals surface area contributed by atoms with E-state index in [1.54, 1.807) is 7.11 Å². The molecule has 0 aromatic heterocycles. The average Bonchev–Trinajstić information content (AvgIpc) is 2.14. The third kappa shape index (κ3) is 6.50. The van der Waals surface area contributed by atoms with Crippen LogP contribution in [0.4, 0.5) is 0 Å². The van der Waals surface area contributed by atoms with Crippen LogP contribution in [0.2, 0.25) is 12.6 Å². The van der Waals surface area contributed by atoms with Gasteiger partial charge in [-0.2, -0.15) is 0 Å². The summed E-state index contributed by atoms with van der Waals surface area (Å²) in [5.41, 5.74) is 11.1. The van der Waals surface area contributed by atoms with Gasteiger partial charge >= 0.3 is 8.56 Å². The molecule has 0 saturated heterocycles. The van der Waals surface area contributed by atoms with Crippen molar-refractivity contribution in [1.82, 2.24) is 0 Å². The number of hydrogen-bond acceptors (Lipinski definition) is 4. The van der Waals surface area contributed by atoms with Gasteiger partial charge in [0.1, 0.15) is 0 Å². The monoisotopic (exact) mass is 220 g/mol. The fourth-order valence-electron chi connectivity index (χ4n) is 1.12. The summed E-state index contributed by atoms with van der Waals surface area (Å²) >= 11 is 0. The van der Waals surface area contributed by atoms with Crippen molar-refractivity contribution in [2.24, 2.45) is 11.5 Å². The van der Waals surface area contributed by atoms with Gasteiger partial charge in [0, 0.05) is 19.8 Å². The quantitative estimate of drug-likeness (QED) is 0.594. The summed E-state index contributed by atoms with van der Waals surface area (Å²) in [6.07, 6.45) is 1.85. The Bertz CT molecular complexity index is 147. The van der Waals surface area contributed by atoms with Gasteiger partial charge < -0.3 is 20.3 Å². The van der Waals surface area contributed by atoms with Crippen LogP contribution in [0.3, 0.4) is 0 Å². The first-order chi connectivity index (χ1) is 6.54. The normalized spacial score (nSPS) is 17.8. The largest absolute Gasteiger partial charge is 0.398 e. The smallest absolute Gasteiger partial charge is 0.334 e. The SMILES string of the molecule is CO[Si](C)(CCCN)OCCC(C)N. The topological polar surface area (TPSA) is 70.5 Å². The lowest BCUT2D eigenvalue weighted by Gasteiger charge is -2.25. The molecule has 0 fully saturated rings. The van der Waals surface area contributed by atoms with Crippen LogP contribution in [-0.4, -0.2) is 34.9 Å². The molecule has 4 N–H and O–H groups in total. The first-order valence-electron chi connectivity index (χ1n) is 5.19. The van der Waals surface area contributed by atoms with Crippen LogP contribution in [0, 0.1) is 0 Å². The first-order valence-corrected chi connectivity index (χ1v) is 7.71. The van der Waals surface area contributed by atoms with Crippen LogP contribution in [-0.2, 0) is 8.85 Å². The molecular weight excluding hydrogens is 196 g/mol. The highest BCUT2D eigenvalue weighted by Gasteiger charge is 2.29. The zero-order chi connectivity index (χ0) is 11.0. The zero-order valence-electron chi connectivity index (χ0n) is 9.58. The van der Waals surface area contributed by atoms with Gasteiger partial charge in [0.25, 0.3) is 0 Å². The van der Waals surface area contributed by atoms with Crippen molar-refractivity contribution in [3.8, 4) is 0 Å². The van der Waals surface area contributed by atoms with Crippen molar-refractivity contribution < 1.29 is 8.85 Å². The van der Waals surface area contributed by atoms with E-state index in [0.29, 0.717) is 13.2 Å². The van der Waals surface area contributed by atoms with Gasteiger partial charge in [0.05, 0.1) is 0 Å². The van der Waals surface area contributed by atoms with Gasteiger partial charge in [0.15, 0.2) is 0 Å². The molecule has 0 aliphatic carbocycles. The second-order valence-corrected chi connectivity index (χ2v) is 7.31. The molecule has 0 rings (SSSR count). The lowest BCUT2D eigenvalue weighted by molar-refractivity contribution is 0.197. The average molecular weight is 220 g/mol. The van der Waals surface area contributed by atoms with Crippen molar-refractivity contribution in [1.29, 1.82) is 0 Å². The van der Waals surface area contributed by atoms with E-state index in [4.69, 9.17) is 20.3 Å². The Balaban J connectivity index is 3.74.